The van der Waals surface area contributed by atoms with Gasteiger partial charge in [-0.25, -0.2) is 13.4 Å². The van der Waals surface area contributed by atoms with E-state index in [1.54, 1.807) is 12.5 Å². The lowest BCUT2D eigenvalue weighted by Crippen LogP contribution is -2.47. The summed E-state index contributed by atoms with van der Waals surface area (Å²) in [4.78, 5) is 9.45. The summed E-state index contributed by atoms with van der Waals surface area (Å²) in [6.07, 6.45) is 9.77. The second-order valence-electron chi connectivity index (χ2n) is 9.65. The van der Waals surface area contributed by atoms with Crippen LogP contribution in [0, 0.1) is 5.92 Å². The predicted octanol–water partition coefficient (Wildman–Crippen LogP) is 4.61. The van der Waals surface area contributed by atoms with E-state index in [2.05, 4.69) is 27.0 Å². The lowest BCUT2D eigenvalue weighted by atomic mass is 10.0. The van der Waals surface area contributed by atoms with Crippen LogP contribution in [0.1, 0.15) is 68.2 Å². The molecule has 1 aromatic carbocycles. The minimum atomic E-state index is -4.77. The third-order valence-electron chi connectivity index (χ3n) is 6.96. The molecule has 2 heterocycles. The molecule has 2 aromatic rings. The van der Waals surface area contributed by atoms with Crippen LogP contribution < -0.4 is 4.90 Å². The summed E-state index contributed by atoms with van der Waals surface area (Å²) in [5.41, 5.74) is 3.82. The number of imidazole rings is 1. The number of benzene rings is 1. The summed E-state index contributed by atoms with van der Waals surface area (Å²) in [6.45, 7) is 1.04. The van der Waals surface area contributed by atoms with Crippen molar-refractivity contribution < 1.29 is 17.2 Å². The van der Waals surface area contributed by atoms with Crippen LogP contribution in [0.2, 0.25) is 0 Å². The van der Waals surface area contributed by atoms with E-state index in [1.807, 2.05) is 6.07 Å². The molecule has 1 aromatic heterocycles. The Morgan fingerprint density at radius 1 is 1.19 bits per heavy atom. The molecule has 6 nitrogen and oxygen atoms in total. The van der Waals surface area contributed by atoms with E-state index in [0.717, 1.165) is 46.9 Å². The van der Waals surface area contributed by atoms with Gasteiger partial charge in [-0.3, -0.25) is 0 Å². The maximum Gasteiger partial charge on any atom is 0.356 e. The van der Waals surface area contributed by atoms with Crippen molar-refractivity contribution in [2.24, 2.45) is 5.92 Å². The molecule has 9 heteroatoms. The van der Waals surface area contributed by atoms with Gasteiger partial charge in [0, 0.05) is 37.9 Å². The van der Waals surface area contributed by atoms with Gasteiger partial charge in [0.25, 0.3) is 10.0 Å². The normalized spacial score (nSPS) is 22.6. The van der Waals surface area contributed by atoms with E-state index in [0.29, 0.717) is 25.3 Å². The summed E-state index contributed by atoms with van der Waals surface area (Å²) < 4.78 is 55.2. The average molecular weight is 465 g/mol. The number of anilines is 1. The van der Waals surface area contributed by atoms with Gasteiger partial charge in [-0.2, -0.15) is 13.1 Å². The first-order valence-corrected chi connectivity index (χ1v) is 12.9. The first kappa shape index (κ1) is 21.8. The Kier molecular flexibility index (Phi) is 5.52. The van der Waals surface area contributed by atoms with Crippen molar-refractivity contribution in [1.82, 2.24) is 14.3 Å². The van der Waals surface area contributed by atoms with Gasteiger partial charge >= 0.3 is 5.25 Å². The number of nitrogens with zero attached hydrogens (tertiary/aromatic N) is 3. The van der Waals surface area contributed by atoms with Crippen LogP contribution in [0.25, 0.3) is 0 Å². The Bertz CT molecular complexity index is 1060. The van der Waals surface area contributed by atoms with Gasteiger partial charge in [0.15, 0.2) is 0 Å². The number of aromatic nitrogens is 2. The predicted molar refractivity (Wildman–Crippen MR) is 119 cm³/mol. The third kappa shape index (κ3) is 4.41. The van der Waals surface area contributed by atoms with Crippen molar-refractivity contribution in [3.8, 4) is 0 Å². The molecule has 0 radical (unpaired) electrons. The molecular weight excluding hydrogens is 434 g/mol. The number of nitrogens with one attached hydrogen (secondary N) is 1. The number of hydrogen-bond donors (Lipinski definition) is 1. The van der Waals surface area contributed by atoms with Gasteiger partial charge in [0.2, 0.25) is 0 Å². The highest BCUT2D eigenvalue weighted by molar-refractivity contribution is 7.90. The van der Waals surface area contributed by atoms with E-state index in [9.17, 15) is 17.2 Å². The topological polar surface area (TPSA) is 69.3 Å². The highest BCUT2D eigenvalue weighted by Gasteiger charge is 2.46. The summed E-state index contributed by atoms with van der Waals surface area (Å²) in [6, 6.07) is 6.02. The number of sulfonamides is 1. The number of aromatic amines is 1. The Morgan fingerprint density at radius 3 is 2.59 bits per heavy atom. The van der Waals surface area contributed by atoms with Crippen molar-refractivity contribution in [3.05, 3.63) is 47.5 Å². The molecule has 2 fully saturated rings. The molecule has 0 spiro atoms. The van der Waals surface area contributed by atoms with Crippen molar-refractivity contribution in [2.45, 2.75) is 75.8 Å². The maximum absolute atomic E-state index is 14.2. The van der Waals surface area contributed by atoms with E-state index in [4.69, 9.17) is 0 Å². The molecule has 1 aliphatic heterocycles. The fourth-order valence-corrected chi connectivity index (χ4v) is 5.86. The van der Waals surface area contributed by atoms with Gasteiger partial charge in [0.1, 0.15) is 0 Å². The zero-order chi connectivity index (χ0) is 22.5. The quantitative estimate of drug-likeness (QED) is 0.619. The molecule has 1 atom stereocenters. The fraction of sp³-hybridized carbons (Fsp3) is 0.609. The molecule has 0 saturated heterocycles. The van der Waals surface area contributed by atoms with Crippen LogP contribution in [0.15, 0.2) is 30.7 Å². The van der Waals surface area contributed by atoms with Gasteiger partial charge < -0.3 is 9.88 Å². The molecule has 3 aliphatic rings. The standard InChI is InChI=1S/C23H30F2N4O2S/c1-23(24,25)32(30,31)28-12-19-10-18(17-5-6-17)7-9-22(19)29(13-20-11-26-15-27-20)21(14-28)8-4-16-2-3-16/h7,9-11,15-17,21H,2-6,8,12-14H2,1H3,(H,26,27)/t21-/m1/s1. The van der Waals surface area contributed by atoms with E-state index in [-0.39, 0.29) is 19.1 Å². The Balaban J connectivity index is 1.56. The van der Waals surface area contributed by atoms with Gasteiger partial charge in [-0.05, 0) is 54.7 Å². The highest BCUT2D eigenvalue weighted by atomic mass is 32.2. The molecular formula is C23H30F2N4O2S. The van der Waals surface area contributed by atoms with Crippen LogP contribution in [-0.2, 0) is 23.1 Å². The monoisotopic (exact) mass is 464 g/mol. The smallest absolute Gasteiger partial charge is 0.356 e. The van der Waals surface area contributed by atoms with Crippen LogP contribution in [0.5, 0.6) is 0 Å². The molecule has 2 saturated carbocycles. The summed E-state index contributed by atoms with van der Waals surface area (Å²) in [5.74, 6) is 1.16. The van der Waals surface area contributed by atoms with E-state index in [1.165, 1.54) is 18.4 Å². The zero-order valence-electron chi connectivity index (χ0n) is 18.3. The number of alkyl halides is 2. The molecule has 0 unspecified atom stereocenters. The lowest BCUT2D eigenvalue weighted by molar-refractivity contribution is 0.103. The van der Waals surface area contributed by atoms with E-state index < -0.39 is 15.3 Å². The summed E-state index contributed by atoms with van der Waals surface area (Å²) >= 11 is 0. The lowest BCUT2D eigenvalue weighted by Gasteiger charge is -2.34. The molecule has 32 heavy (non-hydrogen) atoms. The van der Waals surface area contributed by atoms with E-state index >= 15 is 0 Å². The van der Waals surface area contributed by atoms with Gasteiger partial charge in [-0.15, -0.1) is 0 Å². The van der Waals surface area contributed by atoms with Gasteiger partial charge in [-0.1, -0.05) is 25.0 Å². The SMILES string of the molecule is CC(F)(F)S(=O)(=O)N1Cc2cc(C3CC3)ccc2N(Cc2cnc[nH]2)[C@H](CCC2CC2)C1. The Morgan fingerprint density at radius 2 is 1.97 bits per heavy atom. The van der Waals surface area contributed by atoms with Crippen LogP contribution >= 0.6 is 0 Å². The third-order valence-corrected chi connectivity index (χ3v) is 8.82. The summed E-state index contributed by atoms with van der Waals surface area (Å²) in [5, 5.41) is -3.82. The Hall–Kier alpha value is -2.00. The molecule has 2 aliphatic carbocycles. The number of H-pyrrole nitrogens is 1. The molecule has 5 rings (SSSR count). The first-order chi connectivity index (χ1) is 15.2. The Labute approximate surface area is 188 Å². The number of halogens is 2. The number of hydrogen-bond acceptors (Lipinski definition) is 4. The number of fused-ring (bicyclic) bond motifs is 1. The molecule has 174 valence electrons. The average Bonchev–Trinajstić information content (AvgIpc) is 3.66. The number of rotatable bonds is 8. The highest BCUT2D eigenvalue weighted by Crippen LogP contribution is 2.43. The van der Waals surface area contributed by atoms with Crippen molar-refractivity contribution in [3.63, 3.8) is 0 Å². The van der Waals surface area contributed by atoms with Crippen LogP contribution in [0.3, 0.4) is 0 Å². The minimum Gasteiger partial charge on any atom is -0.361 e. The first-order valence-electron chi connectivity index (χ1n) is 11.5. The fourth-order valence-electron chi connectivity index (χ4n) is 4.73. The van der Waals surface area contributed by atoms with Crippen molar-refractivity contribution >= 4 is 15.7 Å². The van der Waals surface area contributed by atoms with Crippen molar-refractivity contribution in [2.75, 3.05) is 11.4 Å². The molecule has 0 bridgehead atoms. The largest absolute Gasteiger partial charge is 0.361 e. The van der Waals surface area contributed by atoms with Crippen molar-refractivity contribution in [1.29, 1.82) is 0 Å². The molecule has 1 N–H and O–H groups in total. The second kappa shape index (κ2) is 8.09. The second-order valence-corrected chi connectivity index (χ2v) is 11.8. The minimum absolute atomic E-state index is 0.0267. The summed E-state index contributed by atoms with van der Waals surface area (Å²) in [7, 11) is -4.77. The maximum atomic E-state index is 14.2. The van der Waals surface area contributed by atoms with Crippen LogP contribution in [-0.4, -0.2) is 40.5 Å². The zero-order valence-corrected chi connectivity index (χ0v) is 19.1. The molecule has 0 amide bonds. The van der Waals surface area contributed by atoms with Gasteiger partial charge in [0.05, 0.1) is 18.6 Å². The van der Waals surface area contributed by atoms with Crippen LogP contribution in [0.4, 0.5) is 14.5 Å².